The van der Waals surface area contributed by atoms with E-state index in [1.807, 2.05) is 48.5 Å². The lowest BCUT2D eigenvalue weighted by atomic mass is 10.0. The second-order valence-corrected chi connectivity index (χ2v) is 4.58. The summed E-state index contributed by atoms with van der Waals surface area (Å²) in [5.41, 5.74) is 3.69. The average Bonchev–Trinajstić information content (AvgIpc) is 2.48. The van der Waals surface area contributed by atoms with E-state index >= 15 is 0 Å². The van der Waals surface area contributed by atoms with E-state index in [1.165, 1.54) is 0 Å². The van der Waals surface area contributed by atoms with Crippen LogP contribution in [-0.2, 0) is 0 Å². The normalized spacial score (nSPS) is 11.8. The molecule has 0 fully saturated rings. The summed E-state index contributed by atoms with van der Waals surface area (Å²) in [5, 5.41) is 14.8. The number of carbonyl (C=O) groups is 1. The molecule has 0 aliphatic carbocycles. The molecule has 0 bridgehead atoms. The number of amides is 2. The topological polar surface area (TPSA) is 61.4 Å². The lowest BCUT2D eigenvalue weighted by molar-refractivity contribution is 0.199. The number of anilines is 1. The van der Waals surface area contributed by atoms with Gasteiger partial charge >= 0.3 is 6.03 Å². The molecule has 4 nitrogen and oxygen atoms in total. The molecule has 0 aliphatic heterocycles. The summed E-state index contributed by atoms with van der Waals surface area (Å²) in [6.45, 7) is 1.75. The van der Waals surface area contributed by atoms with E-state index in [-0.39, 0.29) is 6.03 Å². The van der Waals surface area contributed by atoms with Crippen LogP contribution >= 0.6 is 0 Å². The van der Waals surface area contributed by atoms with Crippen LogP contribution in [0.5, 0.6) is 0 Å². The van der Waals surface area contributed by atoms with Gasteiger partial charge in [-0.25, -0.2) is 4.79 Å². The Labute approximate surface area is 118 Å². The molecule has 104 valence electrons. The Hall–Kier alpha value is -2.33. The van der Waals surface area contributed by atoms with Gasteiger partial charge < -0.3 is 15.7 Å². The maximum atomic E-state index is 11.2. The molecule has 0 radical (unpaired) electrons. The fourth-order valence-electron chi connectivity index (χ4n) is 1.92. The minimum absolute atomic E-state index is 0.242. The molecule has 1 unspecified atom stereocenters. The van der Waals surface area contributed by atoms with Crippen molar-refractivity contribution in [3.05, 3.63) is 54.1 Å². The number of hydrogen-bond donors (Lipinski definition) is 3. The zero-order chi connectivity index (χ0) is 14.5. The molecule has 2 amide bonds. The van der Waals surface area contributed by atoms with Gasteiger partial charge in [0, 0.05) is 12.7 Å². The molecule has 4 heteroatoms. The Kier molecular flexibility index (Phi) is 4.38. The number of rotatable bonds is 3. The van der Waals surface area contributed by atoms with Gasteiger partial charge in [0.2, 0.25) is 0 Å². The highest BCUT2D eigenvalue weighted by Crippen LogP contribution is 2.24. The third-order valence-corrected chi connectivity index (χ3v) is 3.07. The van der Waals surface area contributed by atoms with Crippen LogP contribution in [0.1, 0.15) is 18.6 Å². The zero-order valence-electron chi connectivity index (χ0n) is 11.6. The molecule has 0 aliphatic rings. The molecule has 0 aromatic heterocycles. The molecule has 2 aromatic carbocycles. The standard InChI is InChI=1S/C16H18N2O2/c1-11(19)13-4-3-5-14(10-13)12-6-8-15(9-7-12)18-16(20)17-2/h3-11,19H,1-2H3,(H2,17,18,20). The Morgan fingerprint density at radius 1 is 1.10 bits per heavy atom. The largest absolute Gasteiger partial charge is 0.389 e. The molecule has 0 saturated carbocycles. The Bertz CT molecular complexity index is 592. The van der Waals surface area contributed by atoms with Gasteiger partial charge in [-0.3, -0.25) is 0 Å². The molecule has 2 rings (SSSR count). The molecule has 3 N–H and O–H groups in total. The molecular formula is C16H18N2O2. The Morgan fingerprint density at radius 2 is 1.80 bits per heavy atom. The molecule has 1 atom stereocenters. The summed E-state index contributed by atoms with van der Waals surface area (Å²) in [6, 6.07) is 15.1. The number of hydrogen-bond acceptors (Lipinski definition) is 2. The Balaban J connectivity index is 2.21. The van der Waals surface area contributed by atoms with Crippen molar-refractivity contribution < 1.29 is 9.90 Å². The van der Waals surface area contributed by atoms with Crippen LogP contribution in [0.2, 0.25) is 0 Å². The first-order chi connectivity index (χ1) is 9.60. The SMILES string of the molecule is CNC(=O)Nc1ccc(-c2cccc(C(C)O)c2)cc1. The molecular weight excluding hydrogens is 252 g/mol. The smallest absolute Gasteiger partial charge is 0.318 e. The molecule has 0 heterocycles. The van der Waals surface area contributed by atoms with E-state index < -0.39 is 6.10 Å². The number of urea groups is 1. The minimum atomic E-state index is -0.482. The van der Waals surface area contributed by atoms with Gasteiger partial charge in [-0.2, -0.15) is 0 Å². The Morgan fingerprint density at radius 3 is 2.40 bits per heavy atom. The summed E-state index contributed by atoms with van der Waals surface area (Å²) in [7, 11) is 1.57. The highest BCUT2D eigenvalue weighted by Gasteiger charge is 2.04. The average molecular weight is 270 g/mol. The second kappa shape index (κ2) is 6.21. The van der Waals surface area contributed by atoms with Crippen molar-refractivity contribution in [2.45, 2.75) is 13.0 Å². The fourth-order valence-corrected chi connectivity index (χ4v) is 1.92. The van der Waals surface area contributed by atoms with Gasteiger partial charge in [0.25, 0.3) is 0 Å². The first-order valence-electron chi connectivity index (χ1n) is 6.47. The number of carbonyl (C=O) groups excluding carboxylic acids is 1. The van der Waals surface area contributed by atoms with Gasteiger partial charge in [0.15, 0.2) is 0 Å². The van der Waals surface area contributed by atoms with Gasteiger partial charge in [0.1, 0.15) is 0 Å². The first kappa shape index (κ1) is 14.1. The predicted octanol–water partition coefficient (Wildman–Crippen LogP) is 3.16. The summed E-state index contributed by atoms with van der Waals surface area (Å²) in [4.78, 5) is 11.2. The van der Waals surface area contributed by atoms with E-state index in [2.05, 4.69) is 10.6 Å². The van der Waals surface area contributed by atoms with Crippen molar-refractivity contribution in [3.63, 3.8) is 0 Å². The quantitative estimate of drug-likeness (QED) is 0.802. The third kappa shape index (κ3) is 3.36. The lowest BCUT2D eigenvalue weighted by Crippen LogP contribution is -2.24. The van der Waals surface area contributed by atoms with E-state index in [1.54, 1.807) is 14.0 Å². The van der Waals surface area contributed by atoms with Crippen molar-refractivity contribution >= 4 is 11.7 Å². The maximum absolute atomic E-state index is 11.2. The van der Waals surface area contributed by atoms with Gasteiger partial charge in [-0.05, 0) is 41.8 Å². The molecule has 2 aromatic rings. The van der Waals surface area contributed by atoms with Crippen LogP contribution in [0, 0.1) is 0 Å². The van der Waals surface area contributed by atoms with Crippen molar-refractivity contribution in [2.75, 3.05) is 12.4 Å². The number of benzene rings is 2. The van der Waals surface area contributed by atoms with E-state index in [4.69, 9.17) is 0 Å². The molecule has 0 saturated heterocycles. The number of nitrogens with one attached hydrogen (secondary N) is 2. The van der Waals surface area contributed by atoms with Crippen LogP contribution in [0.25, 0.3) is 11.1 Å². The van der Waals surface area contributed by atoms with Gasteiger partial charge in [-0.15, -0.1) is 0 Å². The van der Waals surface area contributed by atoms with E-state index in [0.717, 1.165) is 22.4 Å². The second-order valence-electron chi connectivity index (χ2n) is 4.58. The van der Waals surface area contributed by atoms with Crippen LogP contribution in [-0.4, -0.2) is 18.2 Å². The summed E-state index contributed by atoms with van der Waals surface area (Å²) < 4.78 is 0. The fraction of sp³-hybridized carbons (Fsp3) is 0.188. The van der Waals surface area contributed by atoms with Gasteiger partial charge in [-0.1, -0.05) is 30.3 Å². The third-order valence-electron chi connectivity index (χ3n) is 3.07. The van der Waals surface area contributed by atoms with Crippen LogP contribution in [0.4, 0.5) is 10.5 Å². The summed E-state index contributed by atoms with van der Waals surface area (Å²) in [6.07, 6.45) is -0.482. The maximum Gasteiger partial charge on any atom is 0.318 e. The highest BCUT2D eigenvalue weighted by atomic mass is 16.3. The van der Waals surface area contributed by atoms with Crippen molar-refractivity contribution in [1.29, 1.82) is 0 Å². The van der Waals surface area contributed by atoms with E-state index in [9.17, 15) is 9.90 Å². The number of aliphatic hydroxyl groups is 1. The first-order valence-corrected chi connectivity index (χ1v) is 6.47. The predicted molar refractivity (Wildman–Crippen MR) is 80.6 cm³/mol. The van der Waals surface area contributed by atoms with Crippen LogP contribution in [0.3, 0.4) is 0 Å². The monoisotopic (exact) mass is 270 g/mol. The van der Waals surface area contributed by atoms with Crippen LogP contribution in [0.15, 0.2) is 48.5 Å². The van der Waals surface area contributed by atoms with Gasteiger partial charge in [0.05, 0.1) is 6.10 Å². The minimum Gasteiger partial charge on any atom is -0.389 e. The van der Waals surface area contributed by atoms with Crippen LogP contribution < -0.4 is 10.6 Å². The number of aliphatic hydroxyl groups excluding tert-OH is 1. The summed E-state index contributed by atoms with van der Waals surface area (Å²) >= 11 is 0. The molecule has 0 spiro atoms. The summed E-state index contributed by atoms with van der Waals surface area (Å²) in [5.74, 6) is 0. The highest BCUT2D eigenvalue weighted by molar-refractivity contribution is 5.89. The lowest BCUT2D eigenvalue weighted by Gasteiger charge is -2.09. The van der Waals surface area contributed by atoms with E-state index in [0.29, 0.717) is 0 Å². The molecule has 20 heavy (non-hydrogen) atoms. The zero-order valence-corrected chi connectivity index (χ0v) is 11.6. The van der Waals surface area contributed by atoms with Crippen molar-refractivity contribution in [2.24, 2.45) is 0 Å². The van der Waals surface area contributed by atoms with Crippen molar-refractivity contribution in [1.82, 2.24) is 5.32 Å². The van der Waals surface area contributed by atoms with Crippen molar-refractivity contribution in [3.8, 4) is 11.1 Å².